The van der Waals surface area contributed by atoms with E-state index in [0.29, 0.717) is 10.9 Å². The van der Waals surface area contributed by atoms with Crippen LogP contribution in [0.1, 0.15) is 25.6 Å². The number of rotatable bonds is 3. The number of carbonyl (C=O) groups is 2. The van der Waals surface area contributed by atoms with Gasteiger partial charge in [-0.15, -0.1) is 11.3 Å². The number of amides is 2. The minimum Gasteiger partial charge on any atom is -0.342 e. The Morgan fingerprint density at radius 3 is 2.63 bits per heavy atom. The number of nitrogens with one attached hydrogen (secondary N) is 1. The van der Waals surface area contributed by atoms with E-state index in [2.05, 4.69) is 5.32 Å². The normalized spacial score (nSPS) is 23.9. The number of nitrogens with zero attached hydrogens (tertiary/aromatic N) is 1. The van der Waals surface area contributed by atoms with Gasteiger partial charge in [0.25, 0.3) is 0 Å². The molecule has 0 aromatic carbocycles. The molecule has 19 heavy (non-hydrogen) atoms. The first-order chi connectivity index (χ1) is 8.90. The third-order valence-corrected chi connectivity index (χ3v) is 4.53. The quantitative estimate of drug-likeness (QED) is 0.931. The van der Waals surface area contributed by atoms with Gasteiger partial charge in [0.1, 0.15) is 12.1 Å². The van der Waals surface area contributed by atoms with E-state index < -0.39 is 12.1 Å². The summed E-state index contributed by atoms with van der Waals surface area (Å²) in [5.74, 6) is -0.0362. The lowest BCUT2D eigenvalue weighted by atomic mass is 9.98. The molecule has 1 aromatic heterocycles. The second-order valence-electron chi connectivity index (χ2n) is 5.08. The minimum absolute atomic E-state index is 0.0216. The maximum Gasteiger partial charge on any atom is 0.246 e. The Labute approximate surface area is 121 Å². The second-order valence-corrected chi connectivity index (χ2v) is 6.88. The maximum absolute atomic E-state index is 12.4. The van der Waals surface area contributed by atoms with Gasteiger partial charge in [0.2, 0.25) is 11.8 Å². The largest absolute Gasteiger partial charge is 0.342 e. The molecule has 0 aliphatic carbocycles. The van der Waals surface area contributed by atoms with Crippen molar-refractivity contribution >= 4 is 34.8 Å². The Hall–Kier alpha value is -1.07. The molecule has 0 bridgehead atoms. The summed E-state index contributed by atoms with van der Waals surface area (Å²) in [7, 11) is 0. The Kier molecular flexibility index (Phi) is 4.16. The van der Waals surface area contributed by atoms with Crippen molar-refractivity contribution in [3.05, 3.63) is 21.3 Å². The Balaban J connectivity index is 2.20. The van der Waals surface area contributed by atoms with Gasteiger partial charge in [0, 0.05) is 4.88 Å². The van der Waals surface area contributed by atoms with Gasteiger partial charge in [0.05, 0.1) is 10.9 Å². The van der Waals surface area contributed by atoms with Gasteiger partial charge in [-0.25, -0.2) is 0 Å². The Bertz CT molecular complexity index is 501. The number of thiophene rings is 1. The number of hydrogen-bond acceptors (Lipinski definition) is 3. The third-order valence-electron chi connectivity index (χ3n) is 3.32. The molecule has 2 atom stereocenters. The number of hydrogen-bond donors (Lipinski definition) is 1. The van der Waals surface area contributed by atoms with Crippen LogP contribution in [0, 0.1) is 5.92 Å². The summed E-state index contributed by atoms with van der Waals surface area (Å²) in [6, 6.07) is 2.83. The van der Waals surface area contributed by atoms with Crippen molar-refractivity contribution in [3.8, 4) is 0 Å². The van der Waals surface area contributed by atoms with Gasteiger partial charge in [-0.2, -0.15) is 0 Å². The zero-order valence-electron chi connectivity index (χ0n) is 11.1. The van der Waals surface area contributed by atoms with Gasteiger partial charge < -0.3 is 10.2 Å². The zero-order valence-corrected chi connectivity index (χ0v) is 12.7. The highest BCUT2D eigenvalue weighted by Gasteiger charge is 2.39. The summed E-state index contributed by atoms with van der Waals surface area (Å²) in [5, 5.41) is 2.78. The number of piperazine rings is 1. The minimum atomic E-state index is -0.441. The van der Waals surface area contributed by atoms with Crippen molar-refractivity contribution < 1.29 is 9.59 Å². The SMILES string of the molecule is CC(C)C1NC(=O)C(C)N(Cc2ccc(Cl)s2)C1=O. The van der Waals surface area contributed by atoms with Crippen molar-refractivity contribution in [3.63, 3.8) is 0 Å². The smallest absolute Gasteiger partial charge is 0.246 e. The van der Waals surface area contributed by atoms with Crippen molar-refractivity contribution in [2.45, 2.75) is 39.4 Å². The van der Waals surface area contributed by atoms with E-state index in [1.807, 2.05) is 19.9 Å². The fraction of sp³-hybridized carbons (Fsp3) is 0.538. The molecule has 1 aromatic rings. The Morgan fingerprint density at radius 1 is 1.42 bits per heavy atom. The van der Waals surface area contributed by atoms with Gasteiger partial charge >= 0.3 is 0 Å². The maximum atomic E-state index is 12.4. The first kappa shape index (κ1) is 14.3. The summed E-state index contributed by atoms with van der Waals surface area (Å²) < 4.78 is 0.692. The summed E-state index contributed by atoms with van der Waals surface area (Å²) in [5.41, 5.74) is 0. The van der Waals surface area contributed by atoms with Crippen LogP contribution in [0.25, 0.3) is 0 Å². The van der Waals surface area contributed by atoms with Crippen LogP contribution in [0.5, 0.6) is 0 Å². The third kappa shape index (κ3) is 2.92. The number of carbonyl (C=O) groups excluding carboxylic acids is 2. The van der Waals surface area contributed by atoms with E-state index in [1.165, 1.54) is 11.3 Å². The fourth-order valence-corrected chi connectivity index (χ4v) is 3.20. The zero-order chi connectivity index (χ0) is 14.2. The average Bonchev–Trinajstić information content (AvgIpc) is 2.74. The van der Waals surface area contributed by atoms with Crippen molar-refractivity contribution in [2.24, 2.45) is 5.92 Å². The van der Waals surface area contributed by atoms with Gasteiger partial charge in [-0.3, -0.25) is 9.59 Å². The predicted octanol–water partition coefficient (Wildman–Crippen LogP) is 2.27. The van der Waals surface area contributed by atoms with Crippen molar-refractivity contribution in [2.75, 3.05) is 0 Å². The standard InChI is InChI=1S/C13H17ClN2O2S/c1-7(2)11-13(18)16(8(3)12(17)15-11)6-9-4-5-10(14)19-9/h4-5,7-8,11H,6H2,1-3H3,(H,15,17). The molecule has 1 aliphatic heterocycles. The highest BCUT2D eigenvalue weighted by molar-refractivity contribution is 7.16. The second kappa shape index (κ2) is 5.51. The molecule has 1 N–H and O–H groups in total. The molecule has 2 amide bonds. The molecule has 1 fully saturated rings. The molecule has 2 rings (SSSR count). The molecule has 2 heterocycles. The van der Waals surface area contributed by atoms with Gasteiger partial charge in [-0.1, -0.05) is 25.4 Å². The average molecular weight is 301 g/mol. The first-order valence-corrected chi connectivity index (χ1v) is 7.44. The summed E-state index contributed by atoms with van der Waals surface area (Å²) in [6.45, 7) is 6.05. The van der Waals surface area contributed by atoms with Crippen LogP contribution in [0.3, 0.4) is 0 Å². The van der Waals surface area contributed by atoms with Crippen LogP contribution < -0.4 is 5.32 Å². The van der Waals surface area contributed by atoms with Crippen LogP contribution in [0.4, 0.5) is 0 Å². The molecule has 0 saturated carbocycles. The van der Waals surface area contributed by atoms with E-state index in [4.69, 9.17) is 11.6 Å². The molecule has 0 spiro atoms. The lowest BCUT2D eigenvalue weighted by molar-refractivity contribution is -0.150. The van der Waals surface area contributed by atoms with Crippen LogP contribution in [-0.4, -0.2) is 28.8 Å². The molecule has 104 valence electrons. The topological polar surface area (TPSA) is 49.4 Å². The fourth-order valence-electron chi connectivity index (χ4n) is 2.12. The molecule has 4 nitrogen and oxygen atoms in total. The summed E-state index contributed by atoms with van der Waals surface area (Å²) in [4.78, 5) is 27.0. The molecule has 6 heteroatoms. The Morgan fingerprint density at radius 2 is 2.11 bits per heavy atom. The monoisotopic (exact) mass is 300 g/mol. The molecular weight excluding hydrogens is 284 g/mol. The van der Waals surface area contributed by atoms with Crippen LogP contribution in [0.2, 0.25) is 4.34 Å². The van der Waals surface area contributed by atoms with E-state index in [9.17, 15) is 9.59 Å². The summed E-state index contributed by atoms with van der Waals surface area (Å²) in [6.07, 6.45) is 0. The lowest BCUT2D eigenvalue weighted by Gasteiger charge is -2.38. The highest BCUT2D eigenvalue weighted by Crippen LogP contribution is 2.25. The molecule has 0 radical (unpaired) electrons. The van der Waals surface area contributed by atoms with Crippen molar-refractivity contribution in [1.29, 1.82) is 0 Å². The predicted molar refractivity (Wildman–Crippen MR) is 76.1 cm³/mol. The van der Waals surface area contributed by atoms with Gasteiger partial charge in [0.15, 0.2) is 0 Å². The summed E-state index contributed by atoms with van der Waals surface area (Å²) >= 11 is 7.33. The van der Waals surface area contributed by atoms with Gasteiger partial charge in [-0.05, 0) is 25.0 Å². The molecule has 1 aliphatic rings. The van der Waals surface area contributed by atoms with E-state index in [-0.39, 0.29) is 17.7 Å². The van der Waals surface area contributed by atoms with E-state index in [0.717, 1.165) is 4.88 Å². The number of halogens is 1. The van der Waals surface area contributed by atoms with E-state index >= 15 is 0 Å². The van der Waals surface area contributed by atoms with Crippen molar-refractivity contribution in [1.82, 2.24) is 10.2 Å². The molecular formula is C13H17ClN2O2S. The van der Waals surface area contributed by atoms with Crippen LogP contribution in [0.15, 0.2) is 12.1 Å². The molecule has 1 saturated heterocycles. The molecule has 2 unspecified atom stereocenters. The first-order valence-electron chi connectivity index (χ1n) is 6.25. The highest BCUT2D eigenvalue weighted by atomic mass is 35.5. The van der Waals surface area contributed by atoms with E-state index in [1.54, 1.807) is 17.9 Å². The van der Waals surface area contributed by atoms with Crippen LogP contribution in [-0.2, 0) is 16.1 Å². The van der Waals surface area contributed by atoms with Crippen LogP contribution >= 0.6 is 22.9 Å². The lowest BCUT2D eigenvalue weighted by Crippen LogP contribution is -2.63.